The fourth-order valence-corrected chi connectivity index (χ4v) is 5.80. The molecule has 0 bridgehead atoms. The number of anilines is 2. The van der Waals surface area contributed by atoms with Gasteiger partial charge in [0.25, 0.3) is 0 Å². The lowest BCUT2D eigenvalue weighted by Gasteiger charge is -2.31. The standard InChI is InChI=1S/C25H26FN5O2S.C2H6/c1-2-3-6-18(26)9-13-27-24-23-20(12-16-34(23)32)28-25(29-24)31-14-10-17(11-15-31)22-19-7-4-5-8-21(19)33-30-22;1-2/h2-9,17H,1,10-16H2,(H,27,28,29);1-2H3/b6-3-,18-9+;. The van der Waals surface area contributed by atoms with Gasteiger partial charge in [-0.05, 0) is 37.1 Å². The number of hydrogen-bond donors (Lipinski definition) is 1. The predicted molar refractivity (Wildman–Crippen MR) is 144 cm³/mol. The van der Waals surface area contributed by atoms with E-state index in [2.05, 4.69) is 28.0 Å². The fraction of sp³-hybridized carbons (Fsp3) is 0.370. The van der Waals surface area contributed by atoms with Gasteiger partial charge < -0.3 is 14.7 Å². The lowest BCUT2D eigenvalue weighted by atomic mass is 9.92. The molecule has 3 aromatic rings. The van der Waals surface area contributed by atoms with E-state index in [9.17, 15) is 8.60 Å². The van der Waals surface area contributed by atoms with Gasteiger partial charge in [-0.1, -0.05) is 49.9 Å². The van der Waals surface area contributed by atoms with Crippen molar-refractivity contribution in [1.29, 1.82) is 0 Å². The number of nitrogens with one attached hydrogen (secondary N) is 1. The van der Waals surface area contributed by atoms with Crippen LogP contribution in [0.5, 0.6) is 0 Å². The van der Waals surface area contributed by atoms with E-state index in [0.29, 0.717) is 34.8 Å². The van der Waals surface area contributed by atoms with Crippen molar-refractivity contribution in [2.45, 2.75) is 43.9 Å². The molecule has 0 spiro atoms. The number of benzene rings is 1. The summed E-state index contributed by atoms with van der Waals surface area (Å²) in [6, 6.07) is 7.95. The second-order valence-corrected chi connectivity index (χ2v) is 9.85. The number of nitrogens with zero attached hydrogens (tertiary/aromatic N) is 4. The SMILES string of the molecule is C=C/C=C\C(F)=C/CNc1nc(N2CCC(c3noc4ccccc34)CC2)nc2c1S(=O)CC2.CC. The molecular formula is C27H32FN5O2S. The molecule has 0 amide bonds. The Morgan fingerprint density at radius 1 is 1.28 bits per heavy atom. The minimum Gasteiger partial charge on any atom is -0.365 e. The minimum atomic E-state index is -1.15. The summed E-state index contributed by atoms with van der Waals surface area (Å²) in [5.74, 6) is 1.63. The predicted octanol–water partition coefficient (Wildman–Crippen LogP) is 5.70. The zero-order chi connectivity index (χ0) is 25.5. The zero-order valence-corrected chi connectivity index (χ0v) is 21.6. The number of fused-ring (bicyclic) bond motifs is 2. The van der Waals surface area contributed by atoms with Crippen LogP contribution >= 0.6 is 0 Å². The molecule has 5 rings (SSSR count). The van der Waals surface area contributed by atoms with Crippen molar-refractivity contribution in [3.8, 4) is 0 Å². The molecule has 1 unspecified atom stereocenters. The van der Waals surface area contributed by atoms with E-state index in [-0.39, 0.29) is 12.4 Å². The molecule has 7 nitrogen and oxygen atoms in total. The second-order valence-electron chi connectivity index (χ2n) is 8.34. The van der Waals surface area contributed by atoms with Crippen LogP contribution in [0.2, 0.25) is 0 Å². The van der Waals surface area contributed by atoms with E-state index < -0.39 is 10.8 Å². The maximum absolute atomic E-state index is 13.8. The van der Waals surface area contributed by atoms with Crippen LogP contribution in [-0.4, -0.2) is 44.7 Å². The summed E-state index contributed by atoms with van der Waals surface area (Å²) < 4.78 is 31.9. The Morgan fingerprint density at radius 3 is 2.83 bits per heavy atom. The highest BCUT2D eigenvalue weighted by Gasteiger charge is 2.30. The molecule has 1 fully saturated rings. The third-order valence-corrected chi connectivity index (χ3v) is 7.66. The first-order valence-corrected chi connectivity index (χ1v) is 13.7. The summed E-state index contributed by atoms with van der Waals surface area (Å²) in [7, 11) is -1.15. The average Bonchev–Trinajstić information content (AvgIpc) is 3.52. The zero-order valence-electron chi connectivity index (χ0n) is 20.7. The monoisotopic (exact) mass is 509 g/mol. The maximum atomic E-state index is 13.8. The lowest BCUT2D eigenvalue weighted by Crippen LogP contribution is -2.34. The molecule has 1 saturated heterocycles. The van der Waals surface area contributed by atoms with Gasteiger partial charge in [0, 0.05) is 43.1 Å². The smallest absolute Gasteiger partial charge is 0.227 e. The van der Waals surface area contributed by atoms with E-state index in [4.69, 9.17) is 14.5 Å². The number of halogens is 1. The van der Waals surface area contributed by atoms with Gasteiger partial charge in [0.05, 0.1) is 22.2 Å². The third-order valence-electron chi connectivity index (χ3n) is 6.20. The van der Waals surface area contributed by atoms with E-state index in [1.165, 1.54) is 24.3 Å². The van der Waals surface area contributed by atoms with E-state index >= 15 is 0 Å². The summed E-state index contributed by atoms with van der Waals surface area (Å²) in [5, 5.41) is 8.56. The van der Waals surface area contributed by atoms with Crippen LogP contribution in [0.1, 0.15) is 44.0 Å². The van der Waals surface area contributed by atoms with Crippen LogP contribution in [-0.2, 0) is 17.2 Å². The van der Waals surface area contributed by atoms with Gasteiger partial charge in [0.15, 0.2) is 5.58 Å². The van der Waals surface area contributed by atoms with Crippen LogP contribution in [0.15, 0.2) is 70.4 Å². The van der Waals surface area contributed by atoms with Crippen molar-refractivity contribution in [3.63, 3.8) is 0 Å². The van der Waals surface area contributed by atoms with Gasteiger partial charge in [-0.2, -0.15) is 4.98 Å². The molecule has 0 saturated carbocycles. The Labute approximate surface area is 213 Å². The second kappa shape index (κ2) is 12.1. The Kier molecular flexibility index (Phi) is 8.64. The summed E-state index contributed by atoms with van der Waals surface area (Å²) in [6.07, 6.45) is 8.28. The van der Waals surface area contributed by atoms with Gasteiger partial charge in [-0.3, -0.25) is 4.21 Å². The van der Waals surface area contributed by atoms with Crippen molar-refractivity contribution in [1.82, 2.24) is 15.1 Å². The summed E-state index contributed by atoms with van der Waals surface area (Å²) in [5.41, 5.74) is 2.64. The molecule has 9 heteroatoms. The van der Waals surface area contributed by atoms with Crippen molar-refractivity contribution in [2.75, 3.05) is 35.6 Å². The molecule has 0 radical (unpaired) electrons. The molecule has 1 atom stereocenters. The molecule has 1 aromatic carbocycles. The average molecular weight is 510 g/mol. The van der Waals surface area contributed by atoms with Crippen LogP contribution in [0.3, 0.4) is 0 Å². The third kappa shape index (κ3) is 5.56. The number of aryl methyl sites for hydroxylation is 1. The van der Waals surface area contributed by atoms with Gasteiger partial charge in [-0.25, -0.2) is 9.37 Å². The van der Waals surface area contributed by atoms with Gasteiger partial charge >= 0.3 is 0 Å². The van der Waals surface area contributed by atoms with Gasteiger partial charge in [0.2, 0.25) is 5.95 Å². The van der Waals surface area contributed by atoms with Gasteiger partial charge in [-0.15, -0.1) is 0 Å². The van der Waals surface area contributed by atoms with Crippen LogP contribution in [0, 0.1) is 0 Å². The number of piperidine rings is 1. The maximum Gasteiger partial charge on any atom is 0.227 e. The quantitative estimate of drug-likeness (QED) is 0.409. The van der Waals surface area contributed by atoms with E-state index in [1.54, 1.807) is 0 Å². The molecule has 4 heterocycles. The highest BCUT2D eigenvalue weighted by atomic mass is 32.2. The number of hydrogen-bond acceptors (Lipinski definition) is 7. The highest BCUT2D eigenvalue weighted by molar-refractivity contribution is 7.85. The molecule has 2 aromatic heterocycles. The summed E-state index contributed by atoms with van der Waals surface area (Å²) in [6.45, 7) is 9.34. The largest absolute Gasteiger partial charge is 0.365 e. The molecule has 0 aliphatic carbocycles. The number of para-hydroxylation sites is 1. The first kappa shape index (κ1) is 25.8. The van der Waals surface area contributed by atoms with E-state index in [0.717, 1.165) is 48.3 Å². The van der Waals surface area contributed by atoms with Crippen LogP contribution in [0.4, 0.5) is 16.2 Å². The van der Waals surface area contributed by atoms with Crippen LogP contribution in [0.25, 0.3) is 11.0 Å². The van der Waals surface area contributed by atoms with Crippen molar-refractivity contribution in [3.05, 3.63) is 72.4 Å². The Hall–Kier alpha value is -3.33. The highest BCUT2D eigenvalue weighted by Crippen LogP contribution is 2.35. The van der Waals surface area contributed by atoms with Crippen molar-refractivity contribution < 1.29 is 13.1 Å². The van der Waals surface area contributed by atoms with Crippen LogP contribution < -0.4 is 10.2 Å². The molecule has 2 aliphatic heterocycles. The minimum absolute atomic E-state index is 0.231. The number of rotatable bonds is 7. The molecule has 190 valence electrons. The summed E-state index contributed by atoms with van der Waals surface area (Å²) in [4.78, 5) is 12.3. The first-order valence-electron chi connectivity index (χ1n) is 12.4. The Bertz CT molecular complexity index is 1290. The topological polar surface area (TPSA) is 84.2 Å². The lowest BCUT2D eigenvalue weighted by molar-refractivity contribution is 0.416. The Morgan fingerprint density at radius 2 is 2.06 bits per heavy atom. The van der Waals surface area contributed by atoms with E-state index in [1.807, 2.05) is 32.0 Å². The number of allylic oxidation sites excluding steroid dienone is 4. The molecule has 2 aliphatic rings. The van der Waals surface area contributed by atoms with Gasteiger partial charge in [0.1, 0.15) is 16.5 Å². The molecule has 1 N–H and O–H groups in total. The number of aromatic nitrogens is 3. The normalized spacial score (nSPS) is 18.2. The molecule has 36 heavy (non-hydrogen) atoms. The molecular weight excluding hydrogens is 477 g/mol. The van der Waals surface area contributed by atoms with Crippen molar-refractivity contribution >= 4 is 33.5 Å². The fourth-order valence-electron chi connectivity index (χ4n) is 4.47. The van der Waals surface area contributed by atoms with Crippen molar-refractivity contribution in [2.24, 2.45) is 0 Å². The Balaban J connectivity index is 0.00000148. The first-order chi connectivity index (χ1) is 17.6. The summed E-state index contributed by atoms with van der Waals surface area (Å²) >= 11 is 0.